The molecule has 1 amide bonds. The van der Waals surface area contributed by atoms with Crippen LogP contribution in [0.15, 0.2) is 40.4 Å². The lowest BCUT2D eigenvalue weighted by molar-refractivity contribution is 0.102. The van der Waals surface area contributed by atoms with E-state index in [0.29, 0.717) is 11.4 Å². The number of thiol groups is 1. The summed E-state index contributed by atoms with van der Waals surface area (Å²) >= 11 is 0. The first-order valence-corrected chi connectivity index (χ1v) is 12.1. The van der Waals surface area contributed by atoms with Gasteiger partial charge in [-0.2, -0.15) is 9.82 Å². The van der Waals surface area contributed by atoms with Crippen molar-refractivity contribution in [3.05, 3.63) is 53.1 Å². The third kappa shape index (κ3) is 4.29. The van der Waals surface area contributed by atoms with Crippen LogP contribution >= 0.6 is 0 Å². The number of methoxy groups -OCH3 is 1. The molecule has 0 spiro atoms. The number of aromatic nitrogens is 2. The molecular formula is C22H27FN6O3S. The van der Waals surface area contributed by atoms with Crippen LogP contribution in [0.5, 0.6) is 5.88 Å². The molecule has 176 valence electrons. The highest BCUT2D eigenvalue weighted by Gasteiger charge is 2.48. The number of nitrogens with one attached hydrogen (secondary N) is 3. The van der Waals surface area contributed by atoms with Crippen molar-refractivity contribution in [2.24, 2.45) is 4.36 Å². The molecule has 0 unspecified atom stereocenters. The van der Waals surface area contributed by atoms with Gasteiger partial charge in [-0.1, -0.05) is 0 Å². The number of ether oxygens (including phenoxy) is 1. The van der Waals surface area contributed by atoms with Crippen LogP contribution in [0.2, 0.25) is 0 Å². The number of rotatable bonds is 5. The van der Waals surface area contributed by atoms with Crippen molar-refractivity contribution in [1.29, 1.82) is 5.41 Å². The van der Waals surface area contributed by atoms with Crippen molar-refractivity contribution < 1.29 is 18.7 Å². The summed E-state index contributed by atoms with van der Waals surface area (Å²) in [5, 5.41) is 15.8. The average molecular weight is 475 g/mol. The van der Waals surface area contributed by atoms with Gasteiger partial charge in [-0.15, -0.1) is 0 Å². The van der Waals surface area contributed by atoms with E-state index in [0.717, 1.165) is 0 Å². The van der Waals surface area contributed by atoms with Gasteiger partial charge in [0.05, 0.1) is 29.8 Å². The van der Waals surface area contributed by atoms with E-state index in [9.17, 15) is 9.59 Å². The SMILES string of the molecule is CN=[SH]1(C=C=O)C[C@@](C)(c2cc(NC(=O)c3cnc(OC)cn3)ccc2F)NC(=N)C1(C)C. The van der Waals surface area contributed by atoms with E-state index in [1.807, 2.05) is 19.8 Å². The fourth-order valence-electron chi connectivity index (χ4n) is 3.93. The maximum Gasteiger partial charge on any atom is 0.275 e. The van der Waals surface area contributed by atoms with Crippen LogP contribution in [-0.2, 0) is 20.2 Å². The standard InChI is InChI=1S/C22H27FN6O3S/c1-21(2)20(24)29-22(3,13-33(21,25-4)9-8-30)15-10-14(6-7-16(15)23)28-19(31)17-11-27-18(32-5)12-26-17/h6-7,9-12,33H,13H2,1-5H3,(H2,24,29)(H,28,31)/t22-/m0/s1. The van der Waals surface area contributed by atoms with Crippen molar-refractivity contribution in [3.63, 3.8) is 0 Å². The van der Waals surface area contributed by atoms with Crippen molar-refractivity contribution in [2.45, 2.75) is 31.1 Å². The number of hydrogen-bond acceptors (Lipinski definition) is 7. The molecule has 0 aliphatic carbocycles. The summed E-state index contributed by atoms with van der Waals surface area (Å²) in [6.07, 6.45) is 2.60. The monoisotopic (exact) mass is 474 g/mol. The van der Waals surface area contributed by atoms with E-state index in [4.69, 9.17) is 10.1 Å². The Balaban J connectivity index is 1.99. The molecule has 1 aromatic heterocycles. The van der Waals surface area contributed by atoms with E-state index in [1.165, 1.54) is 43.1 Å². The Hall–Kier alpha value is -3.43. The number of amides is 1. The maximum atomic E-state index is 15.0. The zero-order chi connectivity index (χ0) is 24.4. The second-order valence-corrected chi connectivity index (χ2v) is 12.2. The van der Waals surface area contributed by atoms with Crippen LogP contribution in [-0.4, -0.2) is 52.3 Å². The number of nitrogens with zero attached hydrogens (tertiary/aromatic N) is 3. The predicted molar refractivity (Wildman–Crippen MR) is 127 cm³/mol. The highest BCUT2D eigenvalue weighted by atomic mass is 32.2. The molecule has 2 heterocycles. The minimum atomic E-state index is -2.53. The Morgan fingerprint density at radius 3 is 2.67 bits per heavy atom. The molecule has 3 rings (SSSR count). The molecule has 1 atom stereocenters. The Morgan fingerprint density at radius 1 is 1.36 bits per heavy atom. The second-order valence-electron chi connectivity index (χ2n) is 8.42. The lowest BCUT2D eigenvalue weighted by Gasteiger charge is -2.53. The van der Waals surface area contributed by atoms with Gasteiger partial charge in [0.25, 0.3) is 5.91 Å². The third-order valence-electron chi connectivity index (χ3n) is 6.05. The quantitative estimate of drug-likeness (QED) is 0.389. The Labute approximate surface area is 192 Å². The first-order valence-electron chi connectivity index (χ1n) is 10.1. The average Bonchev–Trinajstić information content (AvgIpc) is 2.79. The molecule has 1 aliphatic rings. The van der Waals surface area contributed by atoms with E-state index in [2.05, 4.69) is 25.0 Å². The Morgan fingerprint density at radius 2 is 2.09 bits per heavy atom. The zero-order valence-electron chi connectivity index (χ0n) is 19.1. The predicted octanol–water partition coefficient (Wildman–Crippen LogP) is 2.50. The maximum absolute atomic E-state index is 15.0. The fourth-order valence-corrected chi connectivity index (χ4v) is 7.32. The molecule has 1 fully saturated rings. The normalized spacial score (nSPS) is 21.7. The number of carbonyl (C=O) groups is 1. The second kappa shape index (κ2) is 8.84. The van der Waals surface area contributed by atoms with Crippen LogP contribution in [0.25, 0.3) is 0 Å². The Bertz CT molecular complexity index is 1210. The van der Waals surface area contributed by atoms with Crippen molar-refractivity contribution in [1.82, 2.24) is 15.3 Å². The van der Waals surface area contributed by atoms with Crippen LogP contribution in [0.4, 0.5) is 10.1 Å². The van der Waals surface area contributed by atoms with E-state index >= 15 is 4.39 Å². The van der Waals surface area contributed by atoms with Gasteiger partial charge in [-0.3, -0.25) is 14.6 Å². The Kier molecular flexibility index (Phi) is 6.49. The zero-order valence-corrected chi connectivity index (χ0v) is 20.0. The number of anilines is 1. The van der Waals surface area contributed by atoms with Crippen molar-refractivity contribution in [2.75, 3.05) is 25.2 Å². The number of amidine groups is 1. The van der Waals surface area contributed by atoms with Crippen LogP contribution in [0.1, 0.15) is 36.8 Å². The largest absolute Gasteiger partial charge is 0.480 e. The number of hydrogen-bond donors (Lipinski definition) is 4. The molecule has 2 aromatic rings. The third-order valence-corrected chi connectivity index (χ3v) is 10.6. The molecule has 9 nitrogen and oxygen atoms in total. The summed E-state index contributed by atoms with van der Waals surface area (Å²) in [5.74, 6) is 1.56. The first-order chi connectivity index (χ1) is 15.5. The van der Waals surface area contributed by atoms with Gasteiger partial charge < -0.3 is 15.4 Å². The van der Waals surface area contributed by atoms with Crippen molar-refractivity contribution >= 4 is 33.2 Å². The smallest absolute Gasteiger partial charge is 0.275 e. The highest BCUT2D eigenvalue weighted by Crippen LogP contribution is 2.41. The van der Waals surface area contributed by atoms with E-state index in [-0.39, 0.29) is 23.0 Å². The molecule has 0 saturated carbocycles. The van der Waals surface area contributed by atoms with Gasteiger partial charge in [0.1, 0.15) is 23.3 Å². The summed E-state index contributed by atoms with van der Waals surface area (Å²) in [6, 6.07) is 4.20. The van der Waals surface area contributed by atoms with Gasteiger partial charge in [0.2, 0.25) is 5.88 Å². The van der Waals surface area contributed by atoms with Crippen molar-refractivity contribution in [3.8, 4) is 5.88 Å². The van der Waals surface area contributed by atoms with E-state index in [1.54, 1.807) is 14.0 Å². The minimum absolute atomic E-state index is 0.0676. The number of carbonyl (C=O) groups excluding carboxylic acids is 2. The number of benzene rings is 1. The van der Waals surface area contributed by atoms with Gasteiger partial charge in [0.15, 0.2) is 0 Å². The summed E-state index contributed by atoms with van der Waals surface area (Å²) in [4.78, 5) is 31.9. The van der Waals surface area contributed by atoms with E-state index < -0.39 is 31.8 Å². The molecular weight excluding hydrogens is 447 g/mol. The van der Waals surface area contributed by atoms with Gasteiger partial charge >= 0.3 is 0 Å². The molecule has 0 bridgehead atoms. The molecule has 11 heteroatoms. The molecule has 1 aliphatic heterocycles. The molecule has 3 N–H and O–H groups in total. The number of halogens is 1. The van der Waals surface area contributed by atoms with Crippen LogP contribution < -0.4 is 15.4 Å². The lowest BCUT2D eigenvalue weighted by atomic mass is 9.91. The fraction of sp³-hybridized carbons (Fsp3) is 0.364. The van der Waals surface area contributed by atoms with Gasteiger partial charge in [-0.25, -0.2) is 19.2 Å². The van der Waals surface area contributed by atoms with Gasteiger partial charge in [-0.05, 0) is 39.0 Å². The van der Waals surface area contributed by atoms with Gasteiger partial charge in [0, 0.05) is 29.5 Å². The minimum Gasteiger partial charge on any atom is -0.480 e. The summed E-state index contributed by atoms with van der Waals surface area (Å²) in [5.41, 5.74) is -0.388. The highest BCUT2D eigenvalue weighted by molar-refractivity contribution is 8.09. The molecule has 0 radical (unpaired) electrons. The van der Waals surface area contributed by atoms with Crippen LogP contribution in [0.3, 0.4) is 0 Å². The molecule has 1 aromatic carbocycles. The summed E-state index contributed by atoms with van der Waals surface area (Å²) in [6.45, 7) is 5.45. The lowest BCUT2D eigenvalue weighted by Crippen LogP contribution is -2.65. The summed E-state index contributed by atoms with van der Waals surface area (Å²) in [7, 11) is 0.529. The summed E-state index contributed by atoms with van der Waals surface area (Å²) < 4.78 is 23.8. The van der Waals surface area contributed by atoms with Crippen LogP contribution in [0, 0.1) is 11.2 Å². The molecule has 1 saturated heterocycles. The molecule has 33 heavy (non-hydrogen) atoms. The topological polar surface area (TPSA) is 129 Å². The first kappa shape index (κ1) is 24.2.